The van der Waals surface area contributed by atoms with Crippen molar-refractivity contribution in [3.63, 3.8) is 0 Å². The van der Waals surface area contributed by atoms with Crippen molar-refractivity contribution in [1.29, 1.82) is 0 Å². The smallest absolute Gasteiger partial charge is 0.310 e. The summed E-state index contributed by atoms with van der Waals surface area (Å²) in [5.74, 6) is -1.12. The Morgan fingerprint density at radius 1 is 0.821 bits per heavy atom. The predicted molar refractivity (Wildman–Crippen MR) is 104 cm³/mol. The number of ether oxygens (including phenoxy) is 1. The first kappa shape index (κ1) is 20.8. The molecule has 0 spiro atoms. The number of Topliss-reactive ketones (excluding diaryl/α,β-unsaturated/α-hetero) is 1. The molecule has 2 aromatic rings. The maximum atomic E-state index is 12.1. The van der Waals surface area contributed by atoms with Crippen molar-refractivity contribution in [2.45, 2.75) is 26.8 Å². The van der Waals surface area contributed by atoms with Gasteiger partial charge in [-0.3, -0.25) is 19.2 Å². The van der Waals surface area contributed by atoms with Gasteiger partial charge in [0, 0.05) is 31.6 Å². The highest BCUT2D eigenvalue weighted by Crippen LogP contribution is 2.11. The minimum atomic E-state index is -0.511. The molecule has 7 heteroatoms. The number of nitrogens with one attached hydrogen (secondary N) is 2. The van der Waals surface area contributed by atoms with Crippen molar-refractivity contribution in [2.75, 3.05) is 11.9 Å². The highest BCUT2D eigenvalue weighted by molar-refractivity contribution is 5.98. The minimum absolute atomic E-state index is 0.0310. The summed E-state index contributed by atoms with van der Waals surface area (Å²) >= 11 is 0. The molecule has 146 valence electrons. The maximum absolute atomic E-state index is 12.1. The Morgan fingerprint density at radius 3 is 2.00 bits per heavy atom. The van der Waals surface area contributed by atoms with E-state index in [1.54, 1.807) is 48.5 Å². The quantitative estimate of drug-likeness (QED) is 0.539. The minimum Gasteiger partial charge on any atom is -0.457 e. The molecule has 0 aliphatic heterocycles. The lowest BCUT2D eigenvalue weighted by Crippen LogP contribution is -2.19. The van der Waals surface area contributed by atoms with E-state index in [4.69, 9.17) is 4.74 Å². The first-order valence-corrected chi connectivity index (χ1v) is 8.72. The lowest BCUT2D eigenvalue weighted by atomic mass is 10.1. The number of benzene rings is 2. The third-order valence-corrected chi connectivity index (χ3v) is 3.80. The first-order chi connectivity index (χ1) is 13.3. The first-order valence-electron chi connectivity index (χ1n) is 8.72. The molecule has 2 aromatic carbocycles. The number of ketones is 1. The zero-order valence-corrected chi connectivity index (χ0v) is 15.8. The molecule has 0 saturated heterocycles. The summed E-state index contributed by atoms with van der Waals surface area (Å²) in [4.78, 5) is 46.0. The molecule has 0 aliphatic carbocycles. The fraction of sp³-hybridized carbons (Fsp3) is 0.238. The largest absolute Gasteiger partial charge is 0.457 e. The van der Waals surface area contributed by atoms with Gasteiger partial charge in [-0.05, 0) is 23.3 Å². The average molecular weight is 382 g/mol. The number of carbonyl (C=O) groups excluding carboxylic acids is 4. The van der Waals surface area contributed by atoms with Crippen LogP contribution in [0, 0.1) is 0 Å². The van der Waals surface area contributed by atoms with Crippen LogP contribution in [0.4, 0.5) is 5.69 Å². The number of anilines is 1. The molecule has 0 saturated carbocycles. The zero-order valence-electron chi connectivity index (χ0n) is 15.8. The molecule has 0 heterocycles. The van der Waals surface area contributed by atoms with E-state index in [1.165, 1.54) is 13.8 Å². The van der Waals surface area contributed by atoms with E-state index >= 15 is 0 Å². The number of amides is 2. The van der Waals surface area contributed by atoms with Gasteiger partial charge in [0.05, 0.1) is 6.42 Å². The monoisotopic (exact) mass is 382 g/mol. The lowest BCUT2D eigenvalue weighted by molar-refractivity contribution is -0.141. The molecule has 28 heavy (non-hydrogen) atoms. The second-order valence-electron chi connectivity index (χ2n) is 6.25. The third-order valence-electron chi connectivity index (χ3n) is 3.80. The van der Waals surface area contributed by atoms with Gasteiger partial charge >= 0.3 is 5.97 Å². The summed E-state index contributed by atoms with van der Waals surface area (Å²) in [5, 5.41) is 5.31. The molecule has 0 unspecified atom stereocenters. The average Bonchev–Trinajstić information content (AvgIpc) is 2.66. The number of hydrogen-bond donors (Lipinski definition) is 2. The van der Waals surface area contributed by atoms with Crippen LogP contribution in [0.15, 0.2) is 48.5 Å². The van der Waals surface area contributed by atoms with Crippen LogP contribution in [-0.4, -0.2) is 30.2 Å². The molecule has 0 aromatic heterocycles. The van der Waals surface area contributed by atoms with Gasteiger partial charge in [0.25, 0.3) is 0 Å². The van der Waals surface area contributed by atoms with Crippen molar-refractivity contribution in [1.82, 2.24) is 5.32 Å². The van der Waals surface area contributed by atoms with Gasteiger partial charge in [-0.15, -0.1) is 0 Å². The topological polar surface area (TPSA) is 102 Å². The molecular formula is C21H22N2O5. The standard InChI is InChI=1S/C21H22N2O5/c1-14(24)22-12-17-3-7-18(8-4-17)20(26)13-28-21(27)11-16-5-9-19(10-6-16)23-15(2)25/h3-10H,11-13H2,1-2H3,(H,22,24)(H,23,25). The Balaban J connectivity index is 1.80. The second kappa shape index (κ2) is 10.0. The van der Waals surface area contributed by atoms with Gasteiger partial charge in [0.1, 0.15) is 0 Å². The molecule has 7 nitrogen and oxygen atoms in total. The van der Waals surface area contributed by atoms with Crippen LogP contribution in [0.1, 0.15) is 35.3 Å². The molecule has 0 aliphatic rings. The molecule has 0 atom stereocenters. The summed E-state index contributed by atoms with van der Waals surface area (Å²) < 4.78 is 5.05. The number of rotatable bonds is 8. The van der Waals surface area contributed by atoms with Gasteiger partial charge in [0.2, 0.25) is 11.8 Å². The molecule has 2 rings (SSSR count). The highest BCUT2D eigenvalue weighted by Gasteiger charge is 2.11. The number of hydrogen-bond acceptors (Lipinski definition) is 5. The number of carbonyl (C=O) groups is 4. The van der Waals surface area contributed by atoms with Gasteiger partial charge in [-0.25, -0.2) is 0 Å². The molecule has 0 bridgehead atoms. The summed E-state index contributed by atoms with van der Waals surface area (Å²) in [6.07, 6.45) is 0.0310. The Bertz CT molecular complexity index is 857. The summed E-state index contributed by atoms with van der Waals surface area (Å²) in [6, 6.07) is 13.5. The Kier molecular flexibility index (Phi) is 7.45. The van der Waals surface area contributed by atoms with Crippen molar-refractivity contribution < 1.29 is 23.9 Å². The fourth-order valence-electron chi connectivity index (χ4n) is 2.39. The van der Waals surface area contributed by atoms with Crippen molar-refractivity contribution >= 4 is 29.3 Å². The van der Waals surface area contributed by atoms with Crippen molar-refractivity contribution in [3.05, 3.63) is 65.2 Å². The van der Waals surface area contributed by atoms with Crippen LogP contribution in [0.5, 0.6) is 0 Å². The van der Waals surface area contributed by atoms with E-state index in [1.807, 2.05) is 0 Å². The van der Waals surface area contributed by atoms with E-state index in [9.17, 15) is 19.2 Å². The zero-order chi connectivity index (χ0) is 20.5. The SMILES string of the molecule is CC(=O)NCc1ccc(C(=O)COC(=O)Cc2ccc(NC(C)=O)cc2)cc1. The fourth-order valence-corrected chi connectivity index (χ4v) is 2.39. The molecule has 0 radical (unpaired) electrons. The predicted octanol–water partition coefficient (Wildman–Crippen LogP) is 2.25. The van der Waals surface area contributed by atoms with Crippen LogP contribution in [0.2, 0.25) is 0 Å². The molecular weight excluding hydrogens is 360 g/mol. The molecule has 2 amide bonds. The summed E-state index contributed by atoms with van der Waals surface area (Å²) in [5.41, 5.74) is 2.65. The van der Waals surface area contributed by atoms with Gasteiger partial charge in [0.15, 0.2) is 12.4 Å². The van der Waals surface area contributed by atoms with Crippen molar-refractivity contribution in [3.8, 4) is 0 Å². The Labute approximate surface area is 163 Å². The molecule has 2 N–H and O–H groups in total. The number of esters is 1. The van der Waals surface area contributed by atoms with Gasteiger partial charge in [-0.2, -0.15) is 0 Å². The lowest BCUT2D eigenvalue weighted by Gasteiger charge is -2.07. The Morgan fingerprint density at radius 2 is 1.43 bits per heavy atom. The van der Waals surface area contributed by atoms with Gasteiger partial charge in [-0.1, -0.05) is 36.4 Å². The van der Waals surface area contributed by atoms with Crippen LogP contribution in [0.3, 0.4) is 0 Å². The van der Waals surface area contributed by atoms with Crippen molar-refractivity contribution in [2.24, 2.45) is 0 Å². The normalized spacial score (nSPS) is 10.1. The summed E-state index contributed by atoms with van der Waals surface area (Å²) in [6.45, 7) is 2.90. The van der Waals surface area contributed by atoms with E-state index in [-0.39, 0.29) is 30.6 Å². The van der Waals surface area contributed by atoms with E-state index < -0.39 is 5.97 Å². The summed E-state index contributed by atoms with van der Waals surface area (Å²) in [7, 11) is 0. The third kappa shape index (κ3) is 7.03. The highest BCUT2D eigenvalue weighted by atomic mass is 16.5. The van der Waals surface area contributed by atoms with Crippen LogP contribution in [0.25, 0.3) is 0 Å². The Hall–Kier alpha value is -3.48. The van der Waals surface area contributed by atoms with Crippen LogP contribution in [-0.2, 0) is 32.1 Å². The van der Waals surface area contributed by atoms with Crippen LogP contribution < -0.4 is 10.6 Å². The van der Waals surface area contributed by atoms with E-state index in [2.05, 4.69) is 10.6 Å². The maximum Gasteiger partial charge on any atom is 0.310 e. The second-order valence-corrected chi connectivity index (χ2v) is 6.25. The van der Waals surface area contributed by atoms with E-state index in [0.717, 1.165) is 5.56 Å². The van der Waals surface area contributed by atoms with E-state index in [0.29, 0.717) is 23.4 Å². The molecule has 0 fully saturated rings. The van der Waals surface area contributed by atoms with Crippen LogP contribution >= 0.6 is 0 Å². The van der Waals surface area contributed by atoms with Gasteiger partial charge < -0.3 is 15.4 Å².